The minimum Gasteiger partial charge on any atom is -0.493 e. The van der Waals surface area contributed by atoms with Gasteiger partial charge in [0.05, 0.1) is 27.4 Å². The number of para-hydroxylation sites is 1. The number of hydrogen-bond acceptors (Lipinski definition) is 6. The van der Waals surface area contributed by atoms with Gasteiger partial charge in [0.1, 0.15) is 5.92 Å². The highest BCUT2D eigenvalue weighted by molar-refractivity contribution is 9.09. The van der Waals surface area contributed by atoms with E-state index < -0.39 is 24.0 Å². The first kappa shape index (κ1) is 24.4. The molecule has 0 aromatic heterocycles. The lowest BCUT2D eigenvalue weighted by atomic mass is 9.79. The number of nitrogens with one attached hydrogen (secondary N) is 1. The van der Waals surface area contributed by atoms with Crippen molar-refractivity contribution in [3.8, 4) is 11.5 Å². The number of aliphatic carboxylic acids is 1. The van der Waals surface area contributed by atoms with E-state index in [0.717, 1.165) is 0 Å². The Bertz CT molecular complexity index is 1060. The fourth-order valence-electron chi connectivity index (χ4n) is 4.08. The third-order valence-electron chi connectivity index (χ3n) is 5.53. The van der Waals surface area contributed by atoms with Gasteiger partial charge in [-0.2, -0.15) is 0 Å². The van der Waals surface area contributed by atoms with Gasteiger partial charge in [0.25, 0.3) is 5.91 Å². The Morgan fingerprint density at radius 1 is 1.09 bits per heavy atom. The second kappa shape index (κ2) is 10.6. The molecule has 2 amide bonds. The van der Waals surface area contributed by atoms with Gasteiger partial charge >= 0.3 is 12.1 Å². The van der Waals surface area contributed by atoms with Crippen LogP contribution >= 0.6 is 15.9 Å². The number of carboxylic acid groups (broad SMARTS) is 1. The van der Waals surface area contributed by atoms with E-state index >= 15 is 0 Å². The summed E-state index contributed by atoms with van der Waals surface area (Å²) in [5, 5.41) is 13.6. The SMILES string of the molecule is COC(=O)Nc1ccccc1[C@H]1[C@@H](C(=O)O)c2cc(OC)c(OC)cc2C(=O)N1CCCBr. The van der Waals surface area contributed by atoms with Crippen molar-refractivity contribution in [1.82, 2.24) is 4.90 Å². The second-order valence-corrected chi connectivity index (χ2v) is 8.09. The quantitative estimate of drug-likeness (QED) is 0.504. The Kier molecular flexibility index (Phi) is 7.80. The molecule has 1 aliphatic rings. The number of nitrogens with zero attached hydrogens (tertiary/aromatic N) is 1. The number of carboxylic acids is 1. The van der Waals surface area contributed by atoms with Crippen LogP contribution in [0.25, 0.3) is 0 Å². The number of alkyl halides is 1. The summed E-state index contributed by atoms with van der Waals surface area (Å²) in [4.78, 5) is 39.7. The molecule has 0 spiro atoms. The molecule has 0 fully saturated rings. The van der Waals surface area contributed by atoms with Gasteiger partial charge in [0.2, 0.25) is 0 Å². The minimum absolute atomic E-state index is 0.240. The normalized spacial score (nSPS) is 17.2. The third kappa shape index (κ3) is 4.75. The number of benzene rings is 2. The summed E-state index contributed by atoms with van der Waals surface area (Å²) in [6, 6.07) is 8.95. The maximum absolute atomic E-state index is 13.6. The van der Waals surface area contributed by atoms with Crippen LogP contribution in [-0.4, -0.2) is 61.2 Å². The van der Waals surface area contributed by atoms with E-state index in [0.29, 0.717) is 46.6 Å². The van der Waals surface area contributed by atoms with Crippen molar-refractivity contribution in [3.05, 3.63) is 53.1 Å². The highest BCUT2D eigenvalue weighted by Crippen LogP contribution is 2.47. The Balaban J connectivity index is 2.26. The van der Waals surface area contributed by atoms with Crippen LogP contribution in [0.3, 0.4) is 0 Å². The lowest BCUT2D eigenvalue weighted by molar-refractivity contribution is -0.140. The van der Waals surface area contributed by atoms with E-state index in [1.807, 2.05) is 0 Å². The molecular weight excluding hydrogens is 496 g/mol. The Hall–Kier alpha value is -3.27. The fourth-order valence-corrected chi connectivity index (χ4v) is 4.34. The maximum atomic E-state index is 13.6. The number of carbonyl (C=O) groups is 3. The number of fused-ring (bicyclic) bond motifs is 1. The number of carbonyl (C=O) groups excluding carboxylic acids is 2. The van der Waals surface area contributed by atoms with Crippen molar-refractivity contribution in [2.75, 3.05) is 38.5 Å². The molecule has 33 heavy (non-hydrogen) atoms. The monoisotopic (exact) mass is 520 g/mol. The molecule has 0 radical (unpaired) electrons. The van der Waals surface area contributed by atoms with Gasteiger partial charge in [0, 0.05) is 23.1 Å². The van der Waals surface area contributed by atoms with E-state index in [2.05, 4.69) is 21.2 Å². The Morgan fingerprint density at radius 2 is 1.76 bits per heavy atom. The zero-order valence-electron chi connectivity index (χ0n) is 18.5. The van der Waals surface area contributed by atoms with Crippen molar-refractivity contribution in [2.24, 2.45) is 0 Å². The molecule has 2 N–H and O–H groups in total. The molecule has 2 atom stereocenters. The number of halogens is 1. The first-order chi connectivity index (χ1) is 15.9. The van der Waals surface area contributed by atoms with Crippen molar-refractivity contribution in [3.63, 3.8) is 0 Å². The van der Waals surface area contributed by atoms with Gasteiger partial charge in [-0.1, -0.05) is 34.1 Å². The van der Waals surface area contributed by atoms with Crippen molar-refractivity contribution >= 4 is 39.6 Å². The first-order valence-corrected chi connectivity index (χ1v) is 11.3. The van der Waals surface area contributed by atoms with Crippen LogP contribution in [-0.2, 0) is 9.53 Å². The summed E-state index contributed by atoms with van der Waals surface area (Å²) in [6.07, 6.45) is -0.0978. The highest BCUT2D eigenvalue weighted by atomic mass is 79.9. The molecule has 0 saturated heterocycles. The molecule has 0 bridgehead atoms. The summed E-state index contributed by atoms with van der Waals surface area (Å²) in [7, 11) is 4.13. The molecule has 176 valence electrons. The standard InChI is InChI=1S/C23H25BrN2O7/c1-31-17-11-14-15(12-18(17)32-2)21(27)26(10-6-9-24)20(19(14)22(28)29)13-7-4-5-8-16(13)25-23(30)33-3/h4-5,7-8,11-12,19-20H,6,9-10H2,1-3H3,(H,25,30)(H,28,29)/t19-,20-/m0/s1. The van der Waals surface area contributed by atoms with Crippen LogP contribution < -0.4 is 14.8 Å². The maximum Gasteiger partial charge on any atom is 0.411 e. The lowest BCUT2D eigenvalue weighted by Crippen LogP contribution is -2.45. The van der Waals surface area contributed by atoms with E-state index in [1.54, 1.807) is 24.3 Å². The van der Waals surface area contributed by atoms with Crippen LogP contribution in [0.1, 0.15) is 39.9 Å². The van der Waals surface area contributed by atoms with E-state index in [4.69, 9.17) is 14.2 Å². The molecule has 10 heteroatoms. The number of anilines is 1. The first-order valence-electron chi connectivity index (χ1n) is 10.2. The number of amides is 2. The van der Waals surface area contributed by atoms with Crippen molar-refractivity contribution in [1.29, 1.82) is 0 Å². The van der Waals surface area contributed by atoms with Crippen LogP contribution in [0.5, 0.6) is 11.5 Å². The predicted octanol–water partition coefficient (Wildman–Crippen LogP) is 4.03. The average Bonchev–Trinajstić information content (AvgIpc) is 2.82. The number of ether oxygens (including phenoxy) is 3. The van der Waals surface area contributed by atoms with Gasteiger partial charge in [-0.05, 0) is 35.7 Å². The van der Waals surface area contributed by atoms with Gasteiger partial charge in [-0.15, -0.1) is 0 Å². The van der Waals surface area contributed by atoms with Crippen molar-refractivity contribution in [2.45, 2.75) is 18.4 Å². The molecule has 2 aromatic rings. The van der Waals surface area contributed by atoms with Crippen molar-refractivity contribution < 1.29 is 33.7 Å². The van der Waals surface area contributed by atoms with Crippen LogP contribution in [0.2, 0.25) is 0 Å². The molecule has 1 aliphatic heterocycles. The minimum atomic E-state index is -1.12. The fraction of sp³-hybridized carbons (Fsp3) is 0.348. The lowest BCUT2D eigenvalue weighted by Gasteiger charge is -2.41. The van der Waals surface area contributed by atoms with Gasteiger partial charge in [-0.3, -0.25) is 14.9 Å². The van der Waals surface area contributed by atoms with Gasteiger partial charge in [-0.25, -0.2) is 4.79 Å². The largest absolute Gasteiger partial charge is 0.493 e. The predicted molar refractivity (Wildman–Crippen MR) is 125 cm³/mol. The number of methoxy groups -OCH3 is 3. The van der Waals surface area contributed by atoms with Gasteiger partial charge < -0.3 is 24.2 Å². The molecule has 3 rings (SSSR count). The molecular formula is C23H25BrN2O7. The Labute approximate surface area is 199 Å². The number of hydrogen-bond donors (Lipinski definition) is 2. The van der Waals surface area contributed by atoms with Crippen LogP contribution in [0.4, 0.5) is 10.5 Å². The topological polar surface area (TPSA) is 114 Å². The summed E-state index contributed by atoms with van der Waals surface area (Å²) in [5.74, 6) is -1.90. The second-order valence-electron chi connectivity index (χ2n) is 7.30. The van der Waals surface area contributed by atoms with E-state index in [-0.39, 0.29) is 11.5 Å². The van der Waals surface area contributed by atoms with Crippen LogP contribution in [0.15, 0.2) is 36.4 Å². The molecule has 0 unspecified atom stereocenters. The third-order valence-corrected chi connectivity index (χ3v) is 6.09. The molecule has 1 heterocycles. The summed E-state index contributed by atoms with van der Waals surface area (Å²) < 4.78 is 15.4. The summed E-state index contributed by atoms with van der Waals surface area (Å²) in [6.45, 7) is 0.304. The molecule has 0 aliphatic carbocycles. The molecule has 2 aromatic carbocycles. The molecule has 9 nitrogen and oxygen atoms in total. The summed E-state index contributed by atoms with van der Waals surface area (Å²) in [5.41, 5.74) is 1.40. The summed E-state index contributed by atoms with van der Waals surface area (Å²) >= 11 is 3.38. The van der Waals surface area contributed by atoms with E-state index in [9.17, 15) is 19.5 Å². The average molecular weight is 521 g/mol. The zero-order valence-corrected chi connectivity index (χ0v) is 20.0. The molecule has 0 saturated carbocycles. The van der Waals surface area contributed by atoms with Gasteiger partial charge in [0.15, 0.2) is 11.5 Å². The number of rotatable bonds is 8. The Morgan fingerprint density at radius 3 is 2.36 bits per heavy atom. The van der Waals surface area contributed by atoms with E-state index in [1.165, 1.54) is 38.4 Å². The smallest absolute Gasteiger partial charge is 0.411 e. The highest BCUT2D eigenvalue weighted by Gasteiger charge is 2.45. The zero-order chi connectivity index (χ0) is 24.1. The van der Waals surface area contributed by atoms with Crippen LogP contribution in [0, 0.1) is 0 Å².